The predicted octanol–water partition coefficient (Wildman–Crippen LogP) is 0.198. The zero-order valence-electron chi connectivity index (χ0n) is 5.81. The van der Waals surface area contributed by atoms with Gasteiger partial charge in [0.05, 0.1) is 0 Å². The molecule has 0 aromatic carbocycles. The maximum absolute atomic E-state index is 10.6. The first kappa shape index (κ1) is 7.50. The van der Waals surface area contributed by atoms with E-state index < -0.39 is 0 Å². The maximum Gasteiger partial charge on any atom is 0.304 e. The normalized spacial score (nSPS) is 10.1. The number of hydrogen-bond donors (Lipinski definition) is 2. The van der Waals surface area contributed by atoms with Crippen LogP contribution in [-0.4, -0.2) is 18.6 Å². The second-order valence-electron chi connectivity index (χ2n) is 2.03. The first-order chi connectivity index (χ1) is 4.83. The molecule has 1 rings (SSSR count). The zero-order chi connectivity index (χ0) is 7.40. The maximum atomic E-state index is 10.6. The third-order valence-electron chi connectivity index (χ3n) is 1.22. The summed E-state index contributed by atoms with van der Waals surface area (Å²) < 4.78 is 0. The standard InChI is InChI=1S/C6H10N2OS/c1-7-3-2-5-4-10-6(9)8-5/h4,7H,2-3H2,1H3,(H,8,9). The average molecular weight is 158 g/mol. The van der Waals surface area contributed by atoms with Crippen LogP contribution in [0.2, 0.25) is 0 Å². The Labute approximate surface area is 63.1 Å². The van der Waals surface area contributed by atoms with Crippen molar-refractivity contribution in [1.29, 1.82) is 0 Å². The molecule has 10 heavy (non-hydrogen) atoms. The van der Waals surface area contributed by atoms with Gasteiger partial charge in [-0.2, -0.15) is 0 Å². The van der Waals surface area contributed by atoms with Crippen LogP contribution in [0.25, 0.3) is 0 Å². The zero-order valence-corrected chi connectivity index (χ0v) is 6.62. The molecule has 0 spiro atoms. The van der Waals surface area contributed by atoms with E-state index in [1.54, 1.807) is 0 Å². The van der Waals surface area contributed by atoms with E-state index in [2.05, 4.69) is 10.3 Å². The van der Waals surface area contributed by atoms with Crippen LogP contribution in [0.3, 0.4) is 0 Å². The van der Waals surface area contributed by atoms with Crippen LogP contribution >= 0.6 is 11.3 Å². The minimum Gasteiger partial charge on any atom is -0.319 e. The molecule has 1 heterocycles. The van der Waals surface area contributed by atoms with Gasteiger partial charge in [0.25, 0.3) is 0 Å². The Morgan fingerprint density at radius 3 is 3.10 bits per heavy atom. The highest BCUT2D eigenvalue weighted by molar-refractivity contribution is 7.07. The number of likely N-dealkylation sites (N-methyl/N-ethyl adjacent to an activating group) is 1. The van der Waals surface area contributed by atoms with Crippen molar-refractivity contribution >= 4 is 11.3 Å². The van der Waals surface area contributed by atoms with Crippen LogP contribution in [0.15, 0.2) is 10.2 Å². The van der Waals surface area contributed by atoms with E-state index in [9.17, 15) is 4.79 Å². The van der Waals surface area contributed by atoms with Gasteiger partial charge >= 0.3 is 4.87 Å². The summed E-state index contributed by atoms with van der Waals surface area (Å²) in [5.74, 6) is 0. The highest BCUT2D eigenvalue weighted by atomic mass is 32.1. The first-order valence-corrected chi connectivity index (χ1v) is 4.02. The molecule has 4 heteroatoms. The molecule has 3 nitrogen and oxygen atoms in total. The van der Waals surface area contributed by atoms with Gasteiger partial charge in [-0.05, 0) is 7.05 Å². The van der Waals surface area contributed by atoms with Gasteiger partial charge in [0.15, 0.2) is 0 Å². The van der Waals surface area contributed by atoms with E-state index in [1.807, 2.05) is 12.4 Å². The van der Waals surface area contributed by atoms with E-state index in [0.717, 1.165) is 18.7 Å². The lowest BCUT2D eigenvalue weighted by Crippen LogP contribution is -2.11. The van der Waals surface area contributed by atoms with Gasteiger partial charge in [0.2, 0.25) is 0 Å². The summed E-state index contributed by atoms with van der Waals surface area (Å²) in [5, 5.41) is 4.87. The summed E-state index contributed by atoms with van der Waals surface area (Å²) in [6, 6.07) is 0. The van der Waals surface area contributed by atoms with E-state index in [1.165, 1.54) is 11.3 Å². The Morgan fingerprint density at radius 1 is 1.80 bits per heavy atom. The summed E-state index contributed by atoms with van der Waals surface area (Å²) in [7, 11) is 1.89. The molecule has 0 radical (unpaired) electrons. The van der Waals surface area contributed by atoms with Crippen molar-refractivity contribution in [1.82, 2.24) is 10.3 Å². The lowest BCUT2D eigenvalue weighted by molar-refractivity contribution is 0.779. The number of H-pyrrole nitrogens is 1. The number of hydrogen-bond acceptors (Lipinski definition) is 3. The van der Waals surface area contributed by atoms with Gasteiger partial charge in [-0.15, -0.1) is 0 Å². The molecule has 0 aliphatic rings. The molecule has 0 bridgehead atoms. The monoisotopic (exact) mass is 158 g/mol. The van der Waals surface area contributed by atoms with Crippen molar-refractivity contribution in [2.75, 3.05) is 13.6 Å². The predicted molar refractivity (Wildman–Crippen MR) is 42.6 cm³/mol. The van der Waals surface area contributed by atoms with Crippen molar-refractivity contribution in [3.05, 3.63) is 20.7 Å². The SMILES string of the molecule is CNCCc1csc(=O)[nH]1. The number of nitrogens with one attached hydrogen (secondary N) is 2. The van der Waals surface area contributed by atoms with Crippen molar-refractivity contribution in [2.45, 2.75) is 6.42 Å². The van der Waals surface area contributed by atoms with Gasteiger partial charge < -0.3 is 10.3 Å². The molecule has 0 aliphatic heterocycles. The first-order valence-electron chi connectivity index (χ1n) is 3.14. The third kappa shape index (κ3) is 1.97. The Morgan fingerprint density at radius 2 is 2.60 bits per heavy atom. The van der Waals surface area contributed by atoms with Crippen LogP contribution in [-0.2, 0) is 6.42 Å². The number of thiazole rings is 1. The van der Waals surface area contributed by atoms with Crippen molar-refractivity contribution in [2.24, 2.45) is 0 Å². The highest BCUT2D eigenvalue weighted by Crippen LogP contribution is 1.94. The number of aromatic nitrogens is 1. The lowest BCUT2D eigenvalue weighted by atomic mass is 10.3. The second kappa shape index (κ2) is 3.53. The molecule has 0 atom stereocenters. The summed E-state index contributed by atoms with van der Waals surface area (Å²) >= 11 is 1.22. The number of aromatic amines is 1. The van der Waals surface area contributed by atoms with Gasteiger partial charge in [-0.1, -0.05) is 11.3 Å². The fourth-order valence-corrected chi connectivity index (χ4v) is 1.31. The quantitative estimate of drug-likeness (QED) is 0.660. The van der Waals surface area contributed by atoms with Gasteiger partial charge in [0, 0.05) is 24.0 Å². The molecule has 0 unspecified atom stereocenters. The highest BCUT2D eigenvalue weighted by Gasteiger charge is 1.93. The molecule has 2 N–H and O–H groups in total. The Hall–Kier alpha value is -0.610. The van der Waals surface area contributed by atoms with Crippen LogP contribution in [0.4, 0.5) is 0 Å². The summed E-state index contributed by atoms with van der Waals surface area (Å²) in [5.41, 5.74) is 1.02. The Kier molecular flexibility index (Phi) is 2.65. The van der Waals surface area contributed by atoms with E-state index in [0.29, 0.717) is 0 Å². The topological polar surface area (TPSA) is 44.9 Å². The van der Waals surface area contributed by atoms with E-state index in [4.69, 9.17) is 0 Å². The van der Waals surface area contributed by atoms with Crippen molar-refractivity contribution in [3.8, 4) is 0 Å². The minimum atomic E-state index is 0.0334. The molecule has 0 saturated carbocycles. The van der Waals surface area contributed by atoms with Gasteiger partial charge in [-0.3, -0.25) is 4.79 Å². The molecule has 1 aromatic rings. The number of rotatable bonds is 3. The molecular formula is C6H10N2OS. The van der Waals surface area contributed by atoms with Crippen LogP contribution in [0.5, 0.6) is 0 Å². The molecule has 0 amide bonds. The summed E-state index contributed by atoms with van der Waals surface area (Å²) in [6.07, 6.45) is 0.898. The molecule has 0 fully saturated rings. The lowest BCUT2D eigenvalue weighted by Gasteiger charge is -1.93. The molecule has 1 aromatic heterocycles. The Balaban J connectivity index is 2.50. The molecule has 0 aliphatic carbocycles. The molecule has 56 valence electrons. The van der Waals surface area contributed by atoms with E-state index in [-0.39, 0.29) is 4.87 Å². The fourth-order valence-electron chi connectivity index (χ4n) is 0.696. The Bertz CT molecular complexity index is 240. The van der Waals surface area contributed by atoms with Gasteiger partial charge in [-0.25, -0.2) is 0 Å². The fraction of sp³-hybridized carbons (Fsp3) is 0.500. The van der Waals surface area contributed by atoms with Crippen molar-refractivity contribution in [3.63, 3.8) is 0 Å². The molecule has 0 saturated heterocycles. The smallest absolute Gasteiger partial charge is 0.304 e. The van der Waals surface area contributed by atoms with Gasteiger partial charge in [0.1, 0.15) is 0 Å². The van der Waals surface area contributed by atoms with Crippen LogP contribution < -0.4 is 10.2 Å². The van der Waals surface area contributed by atoms with Crippen LogP contribution in [0, 0.1) is 0 Å². The van der Waals surface area contributed by atoms with Crippen LogP contribution in [0.1, 0.15) is 5.69 Å². The summed E-state index contributed by atoms with van der Waals surface area (Å²) in [4.78, 5) is 13.4. The van der Waals surface area contributed by atoms with Crippen molar-refractivity contribution < 1.29 is 0 Å². The third-order valence-corrected chi connectivity index (χ3v) is 1.93. The average Bonchev–Trinajstić information content (AvgIpc) is 2.31. The molecular weight excluding hydrogens is 148 g/mol. The summed E-state index contributed by atoms with van der Waals surface area (Å²) in [6.45, 7) is 0.909. The minimum absolute atomic E-state index is 0.0334. The largest absolute Gasteiger partial charge is 0.319 e. The van der Waals surface area contributed by atoms with E-state index >= 15 is 0 Å². The second-order valence-corrected chi connectivity index (χ2v) is 2.87.